The average Bonchev–Trinajstić information content (AvgIpc) is 2.70. The Kier molecular flexibility index (Phi) is 5.85. The van der Waals surface area contributed by atoms with E-state index in [1.165, 1.54) is 25.7 Å². The number of likely N-dealkylation sites (tertiary alicyclic amines) is 1. The first-order valence-corrected chi connectivity index (χ1v) is 8.30. The first-order chi connectivity index (χ1) is 9.52. The van der Waals surface area contributed by atoms with E-state index in [1.807, 2.05) is 0 Å². The highest BCUT2D eigenvalue weighted by molar-refractivity contribution is 5.78. The quantitative estimate of drug-likeness (QED) is 0.779. The van der Waals surface area contributed by atoms with Gasteiger partial charge in [0.1, 0.15) is 0 Å². The molecule has 20 heavy (non-hydrogen) atoms. The van der Waals surface area contributed by atoms with E-state index < -0.39 is 0 Å². The Morgan fingerprint density at radius 1 is 1.20 bits per heavy atom. The topological polar surface area (TPSA) is 44.4 Å². The SMILES string of the molecule is CC(C)CCC(C)NC(=O)CN1CCC2CCC(C1)N2. The third-order valence-electron chi connectivity index (χ3n) is 4.56. The van der Waals surface area contributed by atoms with Crippen LogP contribution in [0.4, 0.5) is 0 Å². The lowest BCUT2D eigenvalue weighted by atomic mass is 10.0. The molecule has 0 spiro atoms. The Morgan fingerprint density at radius 3 is 2.70 bits per heavy atom. The molecule has 2 aliphatic rings. The summed E-state index contributed by atoms with van der Waals surface area (Å²) in [4.78, 5) is 14.4. The minimum Gasteiger partial charge on any atom is -0.353 e. The van der Waals surface area contributed by atoms with Crippen molar-refractivity contribution in [3.63, 3.8) is 0 Å². The fourth-order valence-electron chi connectivity index (χ4n) is 3.34. The molecular formula is C16H31N3O. The molecule has 2 aliphatic heterocycles. The summed E-state index contributed by atoms with van der Waals surface area (Å²) >= 11 is 0. The number of carbonyl (C=O) groups excluding carboxylic acids is 1. The predicted octanol–water partition coefficient (Wildman–Crippen LogP) is 1.75. The molecule has 4 nitrogen and oxygen atoms in total. The molecule has 2 saturated heterocycles. The minimum atomic E-state index is 0.194. The van der Waals surface area contributed by atoms with Gasteiger partial charge in [0.2, 0.25) is 5.91 Å². The van der Waals surface area contributed by atoms with Crippen molar-refractivity contribution in [2.45, 2.75) is 71.0 Å². The van der Waals surface area contributed by atoms with Gasteiger partial charge in [0, 0.05) is 31.2 Å². The fraction of sp³-hybridized carbons (Fsp3) is 0.938. The molecule has 0 radical (unpaired) electrons. The summed E-state index contributed by atoms with van der Waals surface area (Å²) in [5.41, 5.74) is 0. The Bertz CT molecular complexity index is 319. The molecular weight excluding hydrogens is 250 g/mol. The van der Waals surface area contributed by atoms with E-state index in [0.29, 0.717) is 30.6 Å². The molecule has 116 valence electrons. The molecule has 3 atom stereocenters. The van der Waals surface area contributed by atoms with Crippen molar-refractivity contribution < 1.29 is 4.79 Å². The molecule has 4 heteroatoms. The highest BCUT2D eigenvalue weighted by Crippen LogP contribution is 2.20. The van der Waals surface area contributed by atoms with Crippen LogP contribution in [0, 0.1) is 5.92 Å². The van der Waals surface area contributed by atoms with Gasteiger partial charge in [0.05, 0.1) is 6.54 Å². The zero-order chi connectivity index (χ0) is 14.5. The molecule has 3 unspecified atom stereocenters. The molecule has 0 saturated carbocycles. The fourth-order valence-corrected chi connectivity index (χ4v) is 3.34. The highest BCUT2D eigenvalue weighted by atomic mass is 16.2. The molecule has 0 aromatic rings. The smallest absolute Gasteiger partial charge is 0.234 e. The molecule has 2 rings (SSSR count). The molecule has 0 aliphatic carbocycles. The van der Waals surface area contributed by atoms with Crippen LogP contribution in [0.3, 0.4) is 0 Å². The van der Waals surface area contributed by atoms with Crippen LogP contribution < -0.4 is 10.6 Å². The Morgan fingerprint density at radius 2 is 1.95 bits per heavy atom. The monoisotopic (exact) mass is 281 g/mol. The van der Waals surface area contributed by atoms with Crippen LogP contribution in [0.15, 0.2) is 0 Å². The zero-order valence-corrected chi connectivity index (χ0v) is 13.3. The third kappa shape index (κ3) is 5.06. The number of nitrogens with one attached hydrogen (secondary N) is 2. The number of hydrogen-bond donors (Lipinski definition) is 2. The zero-order valence-electron chi connectivity index (χ0n) is 13.3. The van der Waals surface area contributed by atoms with E-state index in [-0.39, 0.29) is 5.91 Å². The maximum Gasteiger partial charge on any atom is 0.234 e. The predicted molar refractivity (Wildman–Crippen MR) is 82.7 cm³/mol. The van der Waals surface area contributed by atoms with Gasteiger partial charge in [-0.2, -0.15) is 0 Å². The minimum absolute atomic E-state index is 0.194. The number of hydrogen-bond acceptors (Lipinski definition) is 3. The van der Waals surface area contributed by atoms with Gasteiger partial charge in [0.15, 0.2) is 0 Å². The number of amides is 1. The summed E-state index contributed by atoms with van der Waals surface area (Å²) in [6, 6.07) is 1.60. The lowest BCUT2D eigenvalue weighted by Crippen LogP contribution is -2.44. The summed E-state index contributed by atoms with van der Waals surface area (Å²) in [5.74, 6) is 0.903. The van der Waals surface area contributed by atoms with Crippen molar-refractivity contribution in [2.24, 2.45) is 5.92 Å². The van der Waals surface area contributed by atoms with E-state index in [4.69, 9.17) is 0 Å². The van der Waals surface area contributed by atoms with Crippen LogP contribution in [-0.2, 0) is 4.79 Å². The lowest BCUT2D eigenvalue weighted by Gasteiger charge is -2.24. The van der Waals surface area contributed by atoms with Crippen LogP contribution >= 0.6 is 0 Å². The average molecular weight is 281 g/mol. The van der Waals surface area contributed by atoms with E-state index in [2.05, 4.69) is 36.3 Å². The first kappa shape index (κ1) is 15.8. The van der Waals surface area contributed by atoms with Crippen molar-refractivity contribution in [3.05, 3.63) is 0 Å². The number of nitrogens with zero attached hydrogens (tertiary/aromatic N) is 1. The van der Waals surface area contributed by atoms with E-state index in [1.54, 1.807) is 0 Å². The van der Waals surface area contributed by atoms with Crippen LogP contribution in [0.5, 0.6) is 0 Å². The Balaban J connectivity index is 1.68. The van der Waals surface area contributed by atoms with E-state index in [9.17, 15) is 4.79 Å². The first-order valence-electron chi connectivity index (χ1n) is 8.30. The van der Waals surface area contributed by atoms with Gasteiger partial charge in [-0.25, -0.2) is 0 Å². The second kappa shape index (κ2) is 7.41. The molecule has 2 heterocycles. The standard InChI is InChI=1S/C16H31N3O/c1-12(2)4-5-13(3)17-16(20)11-19-9-8-14-6-7-15(10-19)18-14/h12-15,18H,4-11H2,1-3H3,(H,17,20). The van der Waals surface area contributed by atoms with E-state index >= 15 is 0 Å². The molecule has 1 amide bonds. The summed E-state index contributed by atoms with van der Waals surface area (Å²) in [6.45, 7) is 9.23. The van der Waals surface area contributed by atoms with Gasteiger partial charge in [-0.05, 0) is 44.9 Å². The number of rotatable bonds is 6. The van der Waals surface area contributed by atoms with Crippen molar-refractivity contribution >= 4 is 5.91 Å². The van der Waals surface area contributed by atoms with Gasteiger partial charge in [0.25, 0.3) is 0 Å². The third-order valence-corrected chi connectivity index (χ3v) is 4.56. The molecule has 2 bridgehead atoms. The molecule has 2 N–H and O–H groups in total. The summed E-state index contributed by atoms with van der Waals surface area (Å²) in [5, 5.41) is 6.80. The van der Waals surface area contributed by atoms with Crippen molar-refractivity contribution in [2.75, 3.05) is 19.6 Å². The maximum absolute atomic E-state index is 12.1. The Labute approximate surface area is 123 Å². The summed E-state index contributed by atoms with van der Waals surface area (Å²) < 4.78 is 0. The van der Waals surface area contributed by atoms with Crippen molar-refractivity contribution in [1.29, 1.82) is 0 Å². The number of fused-ring (bicyclic) bond motifs is 2. The van der Waals surface area contributed by atoms with Gasteiger partial charge in [-0.1, -0.05) is 13.8 Å². The summed E-state index contributed by atoms with van der Waals surface area (Å²) in [7, 11) is 0. The van der Waals surface area contributed by atoms with Crippen molar-refractivity contribution in [1.82, 2.24) is 15.5 Å². The second-order valence-electron chi connectivity index (χ2n) is 7.10. The normalized spacial score (nSPS) is 28.4. The van der Waals surface area contributed by atoms with Crippen LogP contribution in [0.25, 0.3) is 0 Å². The molecule has 0 aromatic carbocycles. The Hall–Kier alpha value is -0.610. The van der Waals surface area contributed by atoms with Gasteiger partial charge >= 0.3 is 0 Å². The van der Waals surface area contributed by atoms with Crippen LogP contribution in [0.1, 0.15) is 52.9 Å². The van der Waals surface area contributed by atoms with E-state index in [0.717, 1.165) is 19.5 Å². The molecule has 2 fully saturated rings. The van der Waals surface area contributed by atoms with Crippen LogP contribution in [-0.4, -0.2) is 48.6 Å². The lowest BCUT2D eigenvalue weighted by molar-refractivity contribution is -0.123. The van der Waals surface area contributed by atoms with Crippen LogP contribution in [0.2, 0.25) is 0 Å². The van der Waals surface area contributed by atoms with Gasteiger partial charge in [-0.15, -0.1) is 0 Å². The van der Waals surface area contributed by atoms with Crippen molar-refractivity contribution in [3.8, 4) is 0 Å². The highest BCUT2D eigenvalue weighted by Gasteiger charge is 2.29. The number of carbonyl (C=O) groups is 1. The summed E-state index contributed by atoms with van der Waals surface area (Å²) in [6.07, 6.45) is 6.03. The second-order valence-corrected chi connectivity index (χ2v) is 7.10. The van der Waals surface area contributed by atoms with Gasteiger partial charge in [-0.3, -0.25) is 9.69 Å². The largest absolute Gasteiger partial charge is 0.353 e. The van der Waals surface area contributed by atoms with Gasteiger partial charge < -0.3 is 10.6 Å². The maximum atomic E-state index is 12.1. The molecule has 0 aromatic heterocycles.